The minimum atomic E-state index is -3.08. The lowest BCUT2D eigenvalue weighted by Gasteiger charge is -2.14. The third kappa shape index (κ3) is 4.25. The highest BCUT2D eigenvalue weighted by Gasteiger charge is 2.30. The second-order valence-corrected chi connectivity index (χ2v) is 9.52. The zero-order valence-corrected chi connectivity index (χ0v) is 16.8. The third-order valence-corrected chi connectivity index (χ3v) is 6.91. The smallest absolute Gasteiger partial charge is 0.306 e. The number of halogens is 1. The maximum Gasteiger partial charge on any atom is 0.306 e. The van der Waals surface area contributed by atoms with E-state index < -0.39 is 21.6 Å². The van der Waals surface area contributed by atoms with E-state index in [9.17, 15) is 22.4 Å². The zero-order chi connectivity index (χ0) is 21.3. The second-order valence-electron chi connectivity index (χ2n) is 7.30. The quantitative estimate of drug-likeness (QED) is 0.577. The molecule has 0 spiro atoms. The Morgan fingerprint density at radius 2 is 1.90 bits per heavy atom. The van der Waals surface area contributed by atoms with Gasteiger partial charge in [0.2, 0.25) is 0 Å². The van der Waals surface area contributed by atoms with Crippen molar-refractivity contribution in [2.45, 2.75) is 19.4 Å². The Morgan fingerprint density at radius 3 is 2.60 bits per heavy atom. The van der Waals surface area contributed by atoms with Gasteiger partial charge in [-0.15, -0.1) is 0 Å². The molecule has 7 nitrogen and oxygen atoms in total. The first-order valence-electron chi connectivity index (χ1n) is 9.45. The topological polar surface area (TPSA) is 95.3 Å². The van der Waals surface area contributed by atoms with Crippen molar-refractivity contribution in [3.8, 4) is 5.69 Å². The lowest BCUT2D eigenvalue weighted by molar-refractivity contribution is -0.146. The van der Waals surface area contributed by atoms with E-state index in [4.69, 9.17) is 4.74 Å². The van der Waals surface area contributed by atoms with Gasteiger partial charge >= 0.3 is 5.97 Å². The van der Waals surface area contributed by atoms with Crippen LogP contribution in [-0.2, 0) is 26.0 Å². The summed E-state index contributed by atoms with van der Waals surface area (Å²) in [5, 5.41) is 0.382. The minimum Gasteiger partial charge on any atom is -0.457 e. The van der Waals surface area contributed by atoms with Gasteiger partial charge in [-0.25, -0.2) is 17.8 Å². The number of para-hydroxylation sites is 1. The molecule has 9 heteroatoms. The number of sulfone groups is 1. The van der Waals surface area contributed by atoms with Gasteiger partial charge < -0.3 is 4.74 Å². The van der Waals surface area contributed by atoms with Gasteiger partial charge in [0, 0.05) is 6.42 Å². The van der Waals surface area contributed by atoms with Gasteiger partial charge in [-0.05, 0) is 48.7 Å². The molecule has 4 rings (SSSR count). The van der Waals surface area contributed by atoms with E-state index in [0.717, 1.165) is 0 Å². The Bertz CT molecular complexity index is 1270. The number of aromatic nitrogens is 2. The number of carbonyl (C=O) groups is 1. The largest absolute Gasteiger partial charge is 0.457 e. The predicted molar refractivity (Wildman–Crippen MR) is 108 cm³/mol. The first-order chi connectivity index (χ1) is 14.3. The van der Waals surface area contributed by atoms with Gasteiger partial charge in [0.15, 0.2) is 15.7 Å². The Morgan fingerprint density at radius 1 is 1.17 bits per heavy atom. The van der Waals surface area contributed by atoms with Gasteiger partial charge in [0.05, 0.1) is 28.1 Å². The van der Waals surface area contributed by atoms with Crippen LogP contribution in [0.1, 0.15) is 18.7 Å². The first-order valence-corrected chi connectivity index (χ1v) is 11.3. The highest BCUT2D eigenvalue weighted by atomic mass is 32.2. The van der Waals surface area contributed by atoms with Crippen LogP contribution in [-0.4, -0.2) is 35.4 Å². The van der Waals surface area contributed by atoms with Crippen molar-refractivity contribution < 1.29 is 22.3 Å². The number of hydrogen-bond acceptors (Lipinski definition) is 6. The van der Waals surface area contributed by atoms with E-state index in [0.29, 0.717) is 23.0 Å². The summed E-state index contributed by atoms with van der Waals surface area (Å²) in [6.45, 7) is -0.268. The van der Waals surface area contributed by atoms with Crippen LogP contribution in [0, 0.1) is 11.7 Å². The molecule has 2 aromatic carbocycles. The van der Waals surface area contributed by atoms with Gasteiger partial charge in [0.25, 0.3) is 5.56 Å². The maximum atomic E-state index is 13.3. The van der Waals surface area contributed by atoms with E-state index in [2.05, 4.69) is 4.98 Å². The molecule has 1 aromatic heterocycles. The van der Waals surface area contributed by atoms with Gasteiger partial charge in [-0.2, -0.15) is 0 Å². The first kappa shape index (κ1) is 20.2. The predicted octanol–water partition coefficient (Wildman–Crippen LogP) is 2.39. The number of fused-ring (bicyclic) bond motifs is 1. The van der Waals surface area contributed by atoms with Crippen LogP contribution in [0.4, 0.5) is 4.39 Å². The van der Waals surface area contributed by atoms with E-state index in [1.807, 2.05) is 0 Å². The van der Waals surface area contributed by atoms with Crippen molar-refractivity contribution in [1.82, 2.24) is 9.55 Å². The van der Waals surface area contributed by atoms with Crippen molar-refractivity contribution >= 4 is 26.7 Å². The third-order valence-electron chi connectivity index (χ3n) is 5.07. The standard InChI is InChI=1S/C21H19FN2O5S/c22-15-5-7-16(8-6-15)24-19(23-18-4-2-1-3-17(18)21(24)26)12-29-20(25)11-14-9-10-30(27,28)13-14/h1-8,14H,9-13H2/t14-/m1/s1. The molecule has 1 aliphatic heterocycles. The van der Waals surface area contributed by atoms with E-state index in [1.54, 1.807) is 24.3 Å². The summed E-state index contributed by atoms with van der Waals surface area (Å²) >= 11 is 0. The fourth-order valence-corrected chi connectivity index (χ4v) is 5.47. The number of rotatable bonds is 5. The highest BCUT2D eigenvalue weighted by molar-refractivity contribution is 7.91. The van der Waals surface area contributed by atoms with Crippen LogP contribution in [0.3, 0.4) is 0 Å². The Labute approximate surface area is 172 Å². The summed E-state index contributed by atoms with van der Waals surface area (Å²) in [4.78, 5) is 29.8. The average molecular weight is 430 g/mol. The highest BCUT2D eigenvalue weighted by Crippen LogP contribution is 2.22. The van der Waals surface area contributed by atoms with Crippen LogP contribution in [0.2, 0.25) is 0 Å². The molecule has 0 radical (unpaired) electrons. The molecule has 156 valence electrons. The summed E-state index contributed by atoms with van der Waals surface area (Å²) in [5.41, 5.74) is 0.488. The van der Waals surface area contributed by atoms with E-state index >= 15 is 0 Å². The number of benzene rings is 2. The summed E-state index contributed by atoms with van der Waals surface area (Å²) in [6.07, 6.45) is 0.430. The molecule has 1 aliphatic rings. The van der Waals surface area contributed by atoms with Crippen molar-refractivity contribution in [1.29, 1.82) is 0 Å². The van der Waals surface area contributed by atoms with Crippen LogP contribution in [0.5, 0.6) is 0 Å². The molecule has 0 bridgehead atoms. The lowest BCUT2D eigenvalue weighted by atomic mass is 10.1. The normalized spacial score (nSPS) is 17.8. The SMILES string of the molecule is O=C(C[C@H]1CCS(=O)(=O)C1)OCc1nc2ccccc2c(=O)n1-c1ccc(F)cc1. The number of carbonyl (C=O) groups excluding carboxylic acids is 1. The number of esters is 1. The van der Waals surface area contributed by atoms with Crippen molar-refractivity contribution in [3.63, 3.8) is 0 Å². The molecule has 3 aromatic rings. The molecule has 2 heterocycles. The van der Waals surface area contributed by atoms with E-state index in [1.165, 1.54) is 28.8 Å². The molecule has 0 aliphatic carbocycles. The molecule has 1 atom stereocenters. The number of ether oxygens (including phenoxy) is 1. The summed E-state index contributed by atoms with van der Waals surface area (Å²) in [6, 6.07) is 12.1. The van der Waals surface area contributed by atoms with Crippen molar-refractivity contribution in [3.05, 3.63) is 70.5 Å². The summed E-state index contributed by atoms with van der Waals surface area (Å²) in [7, 11) is -3.08. The molecule has 30 heavy (non-hydrogen) atoms. The number of nitrogens with zero attached hydrogens (tertiary/aromatic N) is 2. The molecular weight excluding hydrogens is 411 g/mol. The molecule has 1 fully saturated rings. The molecule has 1 saturated heterocycles. The zero-order valence-electron chi connectivity index (χ0n) is 16.0. The van der Waals surface area contributed by atoms with Gasteiger partial charge in [-0.1, -0.05) is 12.1 Å². The fraction of sp³-hybridized carbons (Fsp3) is 0.286. The van der Waals surface area contributed by atoms with Crippen molar-refractivity contribution in [2.75, 3.05) is 11.5 Å². The molecule has 0 amide bonds. The monoisotopic (exact) mass is 430 g/mol. The van der Waals surface area contributed by atoms with Crippen LogP contribution < -0.4 is 5.56 Å². The van der Waals surface area contributed by atoms with E-state index in [-0.39, 0.29) is 41.8 Å². The Hall–Kier alpha value is -3.07. The molecular formula is C21H19FN2O5S. The van der Waals surface area contributed by atoms with Crippen LogP contribution in [0.25, 0.3) is 16.6 Å². The average Bonchev–Trinajstić information content (AvgIpc) is 3.05. The van der Waals surface area contributed by atoms with Crippen LogP contribution in [0.15, 0.2) is 53.3 Å². The lowest BCUT2D eigenvalue weighted by Crippen LogP contribution is -2.25. The Balaban J connectivity index is 1.62. The molecule has 0 unspecified atom stereocenters. The van der Waals surface area contributed by atoms with Gasteiger partial charge in [0.1, 0.15) is 12.4 Å². The fourth-order valence-electron chi connectivity index (χ4n) is 3.60. The van der Waals surface area contributed by atoms with Gasteiger partial charge in [-0.3, -0.25) is 14.2 Å². The van der Waals surface area contributed by atoms with Crippen molar-refractivity contribution in [2.24, 2.45) is 5.92 Å². The van der Waals surface area contributed by atoms with Crippen LogP contribution >= 0.6 is 0 Å². The Kier molecular flexibility index (Phi) is 5.38. The second kappa shape index (κ2) is 7.98. The molecule has 0 saturated carbocycles. The minimum absolute atomic E-state index is 0.00636. The molecule has 0 N–H and O–H groups in total. The summed E-state index contributed by atoms with van der Waals surface area (Å²) in [5.74, 6) is -0.994. The summed E-state index contributed by atoms with van der Waals surface area (Å²) < 4.78 is 43.1. The maximum absolute atomic E-state index is 13.3. The number of hydrogen-bond donors (Lipinski definition) is 0.